The van der Waals surface area contributed by atoms with Gasteiger partial charge >= 0.3 is 5.97 Å². The van der Waals surface area contributed by atoms with Crippen LogP contribution in [-0.2, 0) is 28.3 Å². The van der Waals surface area contributed by atoms with Gasteiger partial charge in [-0.05, 0) is 75.6 Å². The maximum atomic E-state index is 14.4. The summed E-state index contributed by atoms with van der Waals surface area (Å²) in [6.45, 7) is 21.8. The summed E-state index contributed by atoms with van der Waals surface area (Å²) in [5.74, 6) is -0.985. The number of amides is 1. The van der Waals surface area contributed by atoms with Crippen LogP contribution in [0.1, 0.15) is 106 Å². The summed E-state index contributed by atoms with van der Waals surface area (Å²) in [7, 11) is -2.20. The van der Waals surface area contributed by atoms with E-state index >= 15 is 0 Å². The van der Waals surface area contributed by atoms with Gasteiger partial charge in [0.25, 0.3) is 0 Å². The standard InChI is InChI=1S/C34H62NO6PSi/c1-11-15-22-42(23-16-12-2,24-17-13-3)32(33(38)40-20-14-4)35-27(25-28(36)29-19-18-21-39-29)30(31(35)37)26(5)41-43(9,10)34(6,7)8/h14,26-27,29-30H,4,11-13,15-25H2,1-3,5-10H3/t26-,27-,29-,30-/m1/s1. The molecule has 4 atom stereocenters. The Labute approximate surface area is 264 Å². The van der Waals surface area contributed by atoms with Gasteiger partial charge in [-0.3, -0.25) is 9.59 Å². The first-order valence-electron chi connectivity index (χ1n) is 16.9. The number of hydrogen-bond acceptors (Lipinski definition) is 6. The minimum Gasteiger partial charge on any atom is -0.457 e. The van der Waals surface area contributed by atoms with Crippen molar-refractivity contribution in [1.82, 2.24) is 4.90 Å². The van der Waals surface area contributed by atoms with Gasteiger partial charge in [-0.25, -0.2) is 4.79 Å². The van der Waals surface area contributed by atoms with Crippen LogP contribution < -0.4 is 0 Å². The third-order valence-corrected chi connectivity index (χ3v) is 19.2. The molecule has 0 radical (unpaired) electrons. The van der Waals surface area contributed by atoms with Gasteiger partial charge in [0.15, 0.2) is 14.1 Å². The lowest BCUT2D eigenvalue weighted by Crippen LogP contribution is -2.69. The van der Waals surface area contributed by atoms with Crippen molar-refractivity contribution in [2.75, 3.05) is 31.7 Å². The van der Waals surface area contributed by atoms with Crippen LogP contribution in [0.25, 0.3) is 0 Å². The molecule has 43 heavy (non-hydrogen) atoms. The number of ketones is 1. The Hall–Kier alpha value is -1.21. The number of hydrogen-bond donors (Lipinski definition) is 0. The molecule has 2 heterocycles. The first kappa shape index (κ1) is 38.0. The summed E-state index contributed by atoms with van der Waals surface area (Å²) in [6, 6.07) is -0.445. The summed E-state index contributed by atoms with van der Waals surface area (Å²) in [5, 5.41) is -0.0241. The number of ether oxygens (including phenoxy) is 2. The number of β-lactam (4-membered cyclic amide) rings is 1. The number of Topliss-reactive ketones (excluding diaryl/α,β-unsaturated/α-hetero) is 1. The van der Waals surface area contributed by atoms with Crippen molar-refractivity contribution in [3.8, 4) is 0 Å². The zero-order valence-corrected chi connectivity index (χ0v) is 30.7. The highest BCUT2D eigenvalue weighted by molar-refractivity contribution is 7.77. The molecule has 248 valence electrons. The topological polar surface area (TPSA) is 82.1 Å². The molecular formula is C34H62NO6PSi. The molecule has 9 heteroatoms. The number of nitrogens with zero attached hydrogens (tertiary/aromatic N) is 1. The number of rotatable bonds is 19. The Bertz CT molecular complexity index is 984. The van der Waals surface area contributed by atoms with Crippen LogP contribution >= 0.6 is 6.89 Å². The number of unbranched alkanes of at least 4 members (excludes halogenated alkanes) is 3. The van der Waals surface area contributed by atoms with E-state index in [0.717, 1.165) is 63.4 Å². The lowest BCUT2D eigenvalue weighted by atomic mass is 9.79. The van der Waals surface area contributed by atoms with Crippen LogP contribution in [-0.4, -0.2) is 86.2 Å². The van der Waals surface area contributed by atoms with Crippen LogP contribution in [0.15, 0.2) is 12.7 Å². The Morgan fingerprint density at radius 1 is 1.09 bits per heavy atom. The van der Waals surface area contributed by atoms with Crippen LogP contribution in [0.5, 0.6) is 0 Å². The molecule has 2 fully saturated rings. The summed E-state index contributed by atoms with van der Waals surface area (Å²) in [5.41, 5.74) is 0.565. The second kappa shape index (κ2) is 16.9. The normalized spacial score (nSPS) is 21.8. The number of esters is 1. The highest BCUT2D eigenvalue weighted by Crippen LogP contribution is 2.55. The van der Waals surface area contributed by atoms with Crippen molar-refractivity contribution in [1.29, 1.82) is 0 Å². The summed E-state index contributed by atoms with van der Waals surface area (Å²) >= 11 is 0. The molecule has 0 aliphatic carbocycles. The second-order valence-electron chi connectivity index (χ2n) is 14.1. The van der Waals surface area contributed by atoms with Crippen molar-refractivity contribution >= 4 is 38.3 Å². The van der Waals surface area contributed by atoms with Gasteiger partial charge in [0, 0.05) is 13.0 Å². The highest BCUT2D eigenvalue weighted by Gasteiger charge is 2.56. The zero-order valence-electron chi connectivity index (χ0n) is 28.8. The molecule has 0 aromatic heterocycles. The molecule has 0 N–H and O–H groups in total. The van der Waals surface area contributed by atoms with Crippen molar-refractivity contribution < 1.29 is 28.3 Å². The fourth-order valence-corrected chi connectivity index (χ4v) is 12.9. The number of carbonyl (C=O) groups excluding carboxylic acids is 3. The van der Waals surface area contributed by atoms with Crippen LogP contribution in [0.2, 0.25) is 18.1 Å². The SMILES string of the molecule is C=CCOC(=O)C(N1C(=O)[C@H]([C@@H](C)O[Si](C)(C)C(C)(C)C)[C@H]1CC(=O)[C@H]1CCCO1)=P(CCCC)(CCCC)CCCC. The van der Waals surface area contributed by atoms with E-state index in [2.05, 4.69) is 61.2 Å². The molecule has 0 aromatic rings. The van der Waals surface area contributed by atoms with Crippen molar-refractivity contribution in [3.63, 3.8) is 0 Å². The number of likely N-dealkylation sites (tertiary alicyclic amines) is 1. The highest BCUT2D eigenvalue weighted by atomic mass is 31.2. The molecule has 2 rings (SSSR count). The minimum atomic E-state index is -2.20. The van der Waals surface area contributed by atoms with Gasteiger partial charge in [-0.2, -0.15) is 0 Å². The van der Waals surface area contributed by atoms with E-state index in [1.807, 2.05) is 6.92 Å². The fraction of sp³-hybridized carbons (Fsp3) is 0.824. The second-order valence-corrected chi connectivity index (χ2v) is 23.0. The predicted octanol–water partition coefficient (Wildman–Crippen LogP) is 7.64. The smallest absolute Gasteiger partial charge is 0.355 e. The average Bonchev–Trinajstić information content (AvgIpc) is 3.49. The van der Waals surface area contributed by atoms with E-state index in [9.17, 15) is 14.4 Å². The van der Waals surface area contributed by atoms with E-state index in [1.165, 1.54) is 0 Å². The molecule has 2 aliphatic rings. The predicted molar refractivity (Wildman–Crippen MR) is 183 cm³/mol. The van der Waals surface area contributed by atoms with Crippen molar-refractivity contribution in [3.05, 3.63) is 12.7 Å². The van der Waals surface area contributed by atoms with Crippen LogP contribution in [0.4, 0.5) is 0 Å². The van der Waals surface area contributed by atoms with Gasteiger partial charge in [0.2, 0.25) is 5.91 Å². The molecule has 0 bridgehead atoms. The molecule has 0 unspecified atom stereocenters. The monoisotopic (exact) mass is 639 g/mol. The van der Waals surface area contributed by atoms with Crippen LogP contribution in [0.3, 0.4) is 0 Å². The Balaban J connectivity index is 2.73. The summed E-state index contributed by atoms with van der Waals surface area (Å²) in [6.07, 6.45) is 11.3. The van der Waals surface area contributed by atoms with Gasteiger partial charge in [-0.1, -0.05) is 80.3 Å². The molecule has 0 spiro atoms. The first-order valence-corrected chi connectivity index (χ1v) is 22.1. The maximum Gasteiger partial charge on any atom is 0.355 e. The third kappa shape index (κ3) is 9.40. The molecule has 2 saturated heterocycles. The summed E-state index contributed by atoms with van der Waals surface area (Å²) in [4.78, 5) is 43.9. The first-order chi connectivity index (χ1) is 20.2. The molecule has 7 nitrogen and oxygen atoms in total. The van der Waals surface area contributed by atoms with E-state index in [4.69, 9.17) is 13.9 Å². The lowest BCUT2D eigenvalue weighted by Gasteiger charge is -2.53. The number of carbonyl (C=O) groups is 3. The largest absolute Gasteiger partial charge is 0.457 e. The zero-order chi connectivity index (χ0) is 32.4. The average molecular weight is 640 g/mol. The van der Waals surface area contributed by atoms with Crippen LogP contribution in [0, 0.1) is 5.92 Å². The quantitative estimate of drug-likeness (QED) is 0.0475. The lowest BCUT2D eigenvalue weighted by molar-refractivity contribution is -0.158. The van der Waals surface area contributed by atoms with Gasteiger partial charge in [0.1, 0.15) is 18.1 Å². The van der Waals surface area contributed by atoms with Gasteiger partial charge in [-0.15, -0.1) is 0 Å². The van der Waals surface area contributed by atoms with Gasteiger partial charge < -0.3 is 18.8 Å². The Morgan fingerprint density at radius 2 is 1.65 bits per heavy atom. The molecule has 2 aliphatic heterocycles. The molecule has 0 saturated carbocycles. The summed E-state index contributed by atoms with van der Waals surface area (Å²) < 4.78 is 18.3. The van der Waals surface area contributed by atoms with Crippen molar-refractivity contribution in [2.24, 2.45) is 5.92 Å². The van der Waals surface area contributed by atoms with E-state index in [-0.39, 0.29) is 35.9 Å². The van der Waals surface area contributed by atoms with Crippen molar-refractivity contribution in [2.45, 2.75) is 143 Å². The Kier molecular flexibility index (Phi) is 14.9. The third-order valence-electron chi connectivity index (χ3n) is 9.77. The minimum absolute atomic E-state index is 0.0166. The van der Waals surface area contributed by atoms with E-state index in [1.54, 1.807) is 11.0 Å². The maximum absolute atomic E-state index is 14.4. The van der Waals surface area contributed by atoms with Gasteiger partial charge in [0.05, 0.1) is 18.1 Å². The Morgan fingerprint density at radius 3 is 2.09 bits per heavy atom. The van der Waals surface area contributed by atoms with E-state index < -0.39 is 39.2 Å². The molecule has 0 aromatic carbocycles. The van der Waals surface area contributed by atoms with E-state index in [0.29, 0.717) is 18.4 Å². The molecule has 1 amide bonds. The fourth-order valence-electron chi connectivity index (χ4n) is 6.20. The molecular weight excluding hydrogens is 577 g/mol.